The summed E-state index contributed by atoms with van der Waals surface area (Å²) >= 11 is 0. The highest BCUT2D eigenvalue weighted by Crippen LogP contribution is 2.22. The maximum atomic E-state index is 11.4. The number of benzene rings is 1. The molecule has 2 rings (SSSR count). The fourth-order valence-electron chi connectivity index (χ4n) is 1.95. The van der Waals surface area contributed by atoms with Gasteiger partial charge in [0.05, 0.1) is 5.25 Å². The maximum Gasteiger partial charge on any atom is 0.152 e. The molecule has 0 saturated carbocycles. The summed E-state index contributed by atoms with van der Waals surface area (Å²) in [6.45, 7) is 1.46. The van der Waals surface area contributed by atoms with Crippen LogP contribution in [0.5, 0.6) is 0 Å². The Balaban J connectivity index is 2.12. The Morgan fingerprint density at radius 3 is 2.47 bits per heavy atom. The van der Waals surface area contributed by atoms with Gasteiger partial charge in [-0.05, 0) is 18.6 Å². The standard InChI is InChI=1S/C11H15NO2S/c1-15(13,14)11-7-8-12(9-11)10-5-3-2-4-6-10/h2-6,11H,7-9H2,1H3. The summed E-state index contributed by atoms with van der Waals surface area (Å²) in [5, 5.41) is -0.197. The molecule has 1 heterocycles. The molecular formula is C11H15NO2S. The Labute approximate surface area is 90.6 Å². The third-order valence-electron chi connectivity index (χ3n) is 2.87. The average Bonchev–Trinajstić information content (AvgIpc) is 2.67. The van der Waals surface area contributed by atoms with Crippen LogP contribution in [0.3, 0.4) is 0 Å². The fraction of sp³-hybridized carbons (Fsp3) is 0.455. The zero-order valence-corrected chi connectivity index (χ0v) is 9.57. The van der Waals surface area contributed by atoms with Crippen LogP contribution in [0.2, 0.25) is 0 Å². The van der Waals surface area contributed by atoms with Gasteiger partial charge in [0.25, 0.3) is 0 Å². The topological polar surface area (TPSA) is 37.4 Å². The first-order valence-corrected chi connectivity index (χ1v) is 7.02. The van der Waals surface area contributed by atoms with Crippen molar-refractivity contribution in [2.45, 2.75) is 11.7 Å². The minimum absolute atomic E-state index is 0.197. The summed E-state index contributed by atoms with van der Waals surface area (Å²) in [6, 6.07) is 9.95. The first kappa shape index (κ1) is 10.5. The molecule has 1 saturated heterocycles. The van der Waals surface area contributed by atoms with E-state index >= 15 is 0 Å². The molecule has 0 bridgehead atoms. The molecule has 0 radical (unpaired) electrons. The summed E-state index contributed by atoms with van der Waals surface area (Å²) < 4.78 is 22.8. The first-order chi connectivity index (χ1) is 7.07. The van der Waals surface area contributed by atoms with Crippen LogP contribution in [0, 0.1) is 0 Å². The maximum absolute atomic E-state index is 11.4. The Morgan fingerprint density at radius 1 is 1.27 bits per heavy atom. The Kier molecular flexibility index (Phi) is 2.69. The van der Waals surface area contributed by atoms with Crippen LogP contribution in [-0.4, -0.2) is 33.0 Å². The lowest BCUT2D eigenvalue weighted by Gasteiger charge is -2.17. The lowest BCUT2D eigenvalue weighted by molar-refractivity contribution is 0.589. The highest BCUT2D eigenvalue weighted by atomic mass is 32.2. The quantitative estimate of drug-likeness (QED) is 0.761. The summed E-state index contributed by atoms with van der Waals surface area (Å²) in [5.74, 6) is 0. The number of rotatable bonds is 2. The average molecular weight is 225 g/mol. The Bertz CT molecular complexity index is 427. The molecule has 1 unspecified atom stereocenters. The van der Waals surface area contributed by atoms with Gasteiger partial charge in [-0.1, -0.05) is 18.2 Å². The van der Waals surface area contributed by atoms with Gasteiger partial charge in [-0.2, -0.15) is 0 Å². The van der Waals surface area contributed by atoms with Gasteiger partial charge in [-0.25, -0.2) is 8.42 Å². The molecule has 3 nitrogen and oxygen atoms in total. The normalized spacial score (nSPS) is 21.9. The van der Waals surface area contributed by atoms with Crippen LogP contribution in [0.1, 0.15) is 6.42 Å². The van der Waals surface area contributed by atoms with Crippen molar-refractivity contribution in [3.63, 3.8) is 0 Å². The molecule has 1 aromatic carbocycles. The Morgan fingerprint density at radius 2 is 1.93 bits per heavy atom. The molecular weight excluding hydrogens is 210 g/mol. The summed E-state index contributed by atoms with van der Waals surface area (Å²) in [7, 11) is -2.89. The third kappa shape index (κ3) is 2.31. The van der Waals surface area contributed by atoms with Crippen LogP contribution >= 0.6 is 0 Å². The SMILES string of the molecule is CS(=O)(=O)C1CCN(c2ccccc2)C1. The smallest absolute Gasteiger partial charge is 0.152 e. The predicted molar refractivity (Wildman–Crippen MR) is 61.9 cm³/mol. The predicted octanol–water partition coefficient (Wildman–Crippen LogP) is 1.31. The zero-order chi connectivity index (χ0) is 10.9. The van der Waals surface area contributed by atoms with Gasteiger partial charge in [-0.15, -0.1) is 0 Å². The van der Waals surface area contributed by atoms with Crippen molar-refractivity contribution in [2.24, 2.45) is 0 Å². The molecule has 4 heteroatoms. The zero-order valence-electron chi connectivity index (χ0n) is 8.76. The van der Waals surface area contributed by atoms with Crippen LogP contribution in [0.25, 0.3) is 0 Å². The second-order valence-electron chi connectivity index (χ2n) is 4.02. The lowest BCUT2D eigenvalue weighted by atomic mass is 10.3. The summed E-state index contributed by atoms with van der Waals surface area (Å²) in [6.07, 6.45) is 2.07. The molecule has 0 spiro atoms. The number of anilines is 1. The van der Waals surface area contributed by atoms with Crippen LogP contribution in [0.4, 0.5) is 5.69 Å². The van der Waals surface area contributed by atoms with Gasteiger partial charge < -0.3 is 4.90 Å². The molecule has 1 aliphatic heterocycles. The number of sulfone groups is 1. The van der Waals surface area contributed by atoms with Crippen molar-refractivity contribution in [2.75, 3.05) is 24.2 Å². The summed E-state index contributed by atoms with van der Waals surface area (Å²) in [5.41, 5.74) is 1.11. The lowest BCUT2D eigenvalue weighted by Crippen LogP contribution is -2.25. The second-order valence-corrected chi connectivity index (χ2v) is 6.35. The van der Waals surface area contributed by atoms with Gasteiger partial charge in [0, 0.05) is 25.0 Å². The van der Waals surface area contributed by atoms with E-state index in [-0.39, 0.29) is 5.25 Å². The van der Waals surface area contributed by atoms with E-state index in [0.29, 0.717) is 6.54 Å². The highest BCUT2D eigenvalue weighted by molar-refractivity contribution is 7.91. The Hall–Kier alpha value is -1.03. The van der Waals surface area contributed by atoms with Gasteiger partial charge in [0.15, 0.2) is 9.84 Å². The van der Waals surface area contributed by atoms with Crippen molar-refractivity contribution in [3.05, 3.63) is 30.3 Å². The van der Waals surface area contributed by atoms with Crippen molar-refractivity contribution in [3.8, 4) is 0 Å². The van der Waals surface area contributed by atoms with E-state index in [1.54, 1.807) is 0 Å². The molecule has 1 fully saturated rings. The van der Waals surface area contributed by atoms with Crippen LogP contribution in [0.15, 0.2) is 30.3 Å². The number of nitrogens with zero attached hydrogens (tertiary/aromatic N) is 1. The third-order valence-corrected chi connectivity index (χ3v) is 4.47. The number of hydrogen-bond acceptors (Lipinski definition) is 3. The van der Waals surface area contributed by atoms with E-state index in [1.165, 1.54) is 6.26 Å². The van der Waals surface area contributed by atoms with E-state index in [2.05, 4.69) is 4.90 Å². The van der Waals surface area contributed by atoms with Crippen molar-refractivity contribution < 1.29 is 8.42 Å². The van der Waals surface area contributed by atoms with Crippen molar-refractivity contribution in [1.82, 2.24) is 0 Å². The van der Waals surface area contributed by atoms with E-state index < -0.39 is 9.84 Å². The molecule has 1 aromatic rings. The van der Waals surface area contributed by atoms with Gasteiger partial charge in [-0.3, -0.25) is 0 Å². The van der Waals surface area contributed by atoms with E-state index in [0.717, 1.165) is 18.7 Å². The minimum atomic E-state index is -2.89. The summed E-state index contributed by atoms with van der Waals surface area (Å²) in [4.78, 5) is 2.13. The molecule has 0 N–H and O–H groups in total. The van der Waals surface area contributed by atoms with Crippen LogP contribution < -0.4 is 4.90 Å². The van der Waals surface area contributed by atoms with Gasteiger partial charge in [0.2, 0.25) is 0 Å². The number of para-hydroxylation sites is 1. The van der Waals surface area contributed by atoms with Gasteiger partial charge >= 0.3 is 0 Å². The second kappa shape index (κ2) is 3.85. The van der Waals surface area contributed by atoms with E-state index in [4.69, 9.17) is 0 Å². The molecule has 1 aliphatic rings. The van der Waals surface area contributed by atoms with E-state index in [1.807, 2.05) is 30.3 Å². The molecule has 1 atom stereocenters. The minimum Gasteiger partial charge on any atom is -0.370 e. The van der Waals surface area contributed by atoms with E-state index in [9.17, 15) is 8.42 Å². The van der Waals surface area contributed by atoms with Gasteiger partial charge in [0.1, 0.15) is 0 Å². The molecule has 0 aromatic heterocycles. The van der Waals surface area contributed by atoms with Crippen molar-refractivity contribution in [1.29, 1.82) is 0 Å². The molecule has 0 aliphatic carbocycles. The largest absolute Gasteiger partial charge is 0.370 e. The first-order valence-electron chi connectivity index (χ1n) is 5.06. The van der Waals surface area contributed by atoms with Crippen molar-refractivity contribution >= 4 is 15.5 Å². The fourth-order valence-corrected chi connectivity index (χ4v) is 2.94. The monoisotopic (exact) mass is 225 g/mol. The molecule has 15 heavy (non-hydrogen) atoms. The molecule has 82 valence electrons. The molecule has 0 amide bonds. The highest BCUT2D eigenvalue weighted by Gasteiger charge is 2.29. The van der Waals surface area contributed by atoms with Crippen LogP contribution in [-0.2, 0) is 9.84 Å². The number of hydrogen-bond donors (Lipinski definition) is 0.